The van der Waals surface area contributed by atoms with E-state index in [0.717, 1.165) is 4.90 Å². The molecule has 0 aromatic heterocycles. The summed E-state index contributed by atoms with van der Waals surface area (Å²) in [7, 11) is 0. The zero-order valence-electron chi connectivity index (χ0n) is 8.74. The van der Waals surface area contributed by atoms with Crippen molar-refractivity contribution in [2.75, 3.05) is 6.26 Å². The molecule has 0 saturated heterocycles. The number of hydrogen-bond acceptors (Lipinski definition) is 3. The maximum Gasteiger partial charge on any atom is 0.0226 e. The Labute approximate surface area is 91.7 Å². The van der Waals surface area contributed by atoms with Gasteiger partial charge in [0.2, 0.25) is 0 Å². The van der Waals surface area contributed by atoms with Gasteiger partial charge in [-0.25, -0.2) is 0 Å². The summed E-state index contributed by atoms with van der Waals surface area (Å²) in [6, 6.07) is 8.13. The molecule has 0 aliphatic carbocycles. The summed E-state index contributed by atoms with van der Waals surface area (Å²) < 4.78 is 0. The zero-order valence-corrected chi connectivity index (χ0v) is 10.5. The first-order valence-electron chi connectivity index (χ1n) is 4.21. The number of benzene rings is 1. The van der Waals surface area contributed by atoms with Gasteiger partial charge in [0.15, 0.2) is 0 Å². The topological polar surface area (TPSA) is 26.0 Å². The van der Waals surface area contributed by atoms with Crippen LogP contribution in [0.4, 0.5) is 0 Å². The van der Waals surface area contributed by atoms with Gasteiger partial charge in [0.25, 0.3) is 0 Å². The lowest BCUT2D eigenvalue weighted by Crippen LogP contribution is -1.78. The Bertz CT molecular complexity index is 185. The van der Waals surface area contributed by atoms with Crippen LogP contribution in [0.25, 0.3) is 0 Å². The van der Waals surface area contributed by atoms with Crippen LogP contribution < -0.4 is 5.14 Å². The SMILES string of the molecule is CC.CS.Cc1ccc(SN)cc1. The van der Waals surface area contributed by atoms with Crippen LogP contribution in [0, 0.1) is 6.92 Å². The van der Waals surface area contributed by atoms with E-state index in [1.54, 1.807) is 6.26 Å². The lowest BCUT2D eigenvalue weighted by Gasteiger charge is -1.93. The van der Waals surface area contributed by atoms with Gasteiger partial charge in [-0.05, 0) is 37.3 Å². The molecule has 1 aromatic rings. The predicted octanol–water partition coefficient (Wildman–Crippen LogP) is 3.53. The molecule has 0 amide bonds. The average molecular weight is 217 g/mol. The van der Waals surface area contributed by atoms with Gasteiger partial charge in [0.1, 0.15) is 0 Å². The molecule has 0 radical (unpaired) electrons. The third kappa shape index (κ3) is 8.22. The normalized spacial score (nSPS) is 7.54. The van der Waals surface area contributed by atoms with Crippen molar-refractivity contribution in [1.82, 2.24) is 0 Å². The summed E-state index contributed by atoms with van der Waals surface area (Å²) in [6.45, 7) is 6.06. The van der Waals surface area contributed by atoms with Crippen molar-refractivity contribution in [2.45, 2.75) is 25.7 Å². The standard InChI is InChI=1S/C7H9NS.C2H6.CH4S/c1-6-2-4-7(9-8)5-3-6;2*1-2/h2-5H,8H2,1H3;1-2H3;2H,1H3. The maximum atomic E-state index is 5.32. The van der Waals surface area contributed by atoms with Crippen LogP contribution >= 0.6 is 24.6 Å². The molecule has 13 heavy (non-hydrogen) atoms. The van der Waals surface area contributed by atoms with Crippen LogP contribution in [0.2, 0.25) is 0 Å². The van der Waals surface area contributed by atoms with Crippen molar-refractivity contribution < 1.29 is 0 Å². The average Bonchev–Trinajstić information content (AvgIpc) is 2.25. The molecule has 3 heteroatoms. The summed E-state index contributed by atoms with van der Waals surface area (Å²) >= 11 is 4.81. The Hall–Kier alpha value is -0.120. The molecule has 0 atom stereocenters. The first-order valence-corrected chi connectivity index (χ1v) is 5.98. The Morgan fingerprint density at radius 1 is 1.08 bits per heavy atom. The van der Waals surface area contributed by atoms with Gasteiger partial charge >= 0.3 is 0 Å². The summed E-state index contributed by atoms with van der Waals surface area (Å²) in [6.07, 6.45) is 1.69. The minimum absolute atomic E-state index is 1.11. The Kier molecular flexibility index (Phi) is 14.0. The Balaban J connectivity index is 0. The summed E-state index contributed by atoms with van der Waals surface area (Å²) in [5.74, 6) is 0. The molecule has 0 aliphatic rings. The molecule has 0 spiro atoms. The van der Waals surface area contributed by atoms with Gasteiger partial charge < -0.3 is 0 Å². The smallest absolute Gasteiger partial charge is 0.0226 e. The molecule has 0 saturated carbocycles. The van der Waals surface area contributed by atoms with E-state index in [4.69, 9.17) is 5.14 Å². The largest absolute Gasteiger partial charge is 0.274 e. The van der Waals surface area contributed by atoms with E-state index in [1.807, 2.05) is 26.0 Å². The van der Waals surface area contributed by atoms with Crippen molar-refractivity contribution >= 4 is 24.6 Å². The van der Waals surface area contributed by atoms with Gasteiger partial charge in [-0.3, -0.25) is 5.14 Å². The molecule has 0 aliphatic heterocycles. The van der Waals surface area contributed by atoms with Crippen LogP contribution in [0.15, 0.2) is 29.2 Å². The van der Waals surface area contributed by atoms with E-state index in [9.17, 15) is 0 Å². The van der Waals surface area contributed by atoms with E-state index in [-0.39, 0.29) is 0 Å². The summed E-state index contributed by atoms with van der Waals surface area (Å²) in [5.41, 5.74) is 1.27. The number of thiol groups is 1. The van der Waals surface area contributed by atoms with Gasteiger partial charge in [0, 0.05) is 4.90 Å². The second kappa shape index (κ2) is 11.9. The highest BCUT2D eigenvalue weighted by molar-refractivity contribution is 7.97. The fraction of sp³-hybridized carbons (Fsp3) is 0.400. The predicted molar refractivity (Wildman–Crippen MR) is 67.5 cm³/mol. The molecule has 1 nitrogen and oxygen atoms in total. The van der Waals surface area contributed by atoms with Gasteiger partial charge in [-0.1, -0.05) is 31.5 Å². The molecule has 2 N–H and O–H groups in total. The molecule has 1 aromatic carbocycles. The number of nitrogens with two attached hydrogens (primary N) is 1. The monoisotopic (exact) mass is 217 g/mol. The summed E-state index contributed by atoms with van der Waals surface area (Å²) in [5, 5.41) is 5.32. The third-order valence-electron chi connectivity index (χ3n) is 1.16. The minimum atomic E-state index is 1.11. The molecule has 76 valence electrons. The van der Waals surface area contributed by atoms with Gasteiger partial charge in [0.05, 0.1) is 0 Å². The maximum absolute atomic E-state index is 5.32. The highest BCUT2D eigenvalue weighted by atomic mass is 32.2. The van der Waals surface area contributed by atoms with Crippen molar-refractivity contribution in [2.24, 2.45) is 5.14 Å². The van der Waals surface area contributed by atoms with Crippen molar-refractivity contribution in [3.8, 4) is 0 Å². The van der Waals surface area contributed by atoms with E-state index in [0.29, 0.717) is 0 Å². The van der Waals surface area contributed by atoms with Crippen LogP contribution in [0.5, 0.6) is 0 Å². The number of rotatable bonds is 1. The molecular formula is C10H19NS2. The lowest BCUT2D eigenvalue weighted by atomic mass is 10.2. The Morgan fingerprint density at radius 2 is 1.46 bits per heavy atom. The lowest BCUT2D eigenvalue weighted by molar-refractivity contribution is 1.38. The molecule has 0 unspecified atom stereocenters. The van der Waals surface area contributed by atoms with Gasteiger partial charge in [-0.2, -0.15) is 12.6 Å². The van der Waals surface area contributed by atoms with E-state index in [2.05, 4.69) is 31.7 Å². The minimum Gasteiger partial charge on any atom is -0.274 e. The highest BCUT2D eigenvalue weighted by Gasteiger charge is 1.85. The second-order valence-corrected chi connectivity index (χ2v) is 2.64. The van der Waals surface area contributed by atoms with Crippen molar-refractivity contribution in [3.05, 3.63) is 29.8 Å². The van der Waals surface area contributed by atoms with Crippen LogP contribution in [0.1, 0.15) is 19.4 Å². The second-order valence-electron chi connectivity index (χ2n) is 1.93. The molecule has 1 rings (SSSR count). The molecule has 0 bridgehead atoms. The van der Waals surface area contributed by atoms with Crippen molar-refractivity contribution in [3.63, 3.8) is 0 Å². The first-order chi connectivity index (χ1) is 6.33. The number of hydrogen-bond donors (Lipinski definition) is 2. The molecule has 0 heterocycles. The highest BCUT2D eigenvalue weighted by Crippen LogP contribution is 2.11. The fourth-order valence-electron chi connectivity index (χ4n) is 0.617. The van der Waals surface area contributed by atoms with Crippen LogP contribution in [-0.4, -0.2) is 6.26 Å². The van der Waals surface area contributed by atoms with Crippen LogP contribution in [-0.2, 0) is 0 Å². The van der Waals surface area contributed by atoms with Crippen molar-refractivity contribution in [1.29, 1.82) is 0 Å². The number of aryl methyl sites for hydroxylation is 1. The molecular weight excluding hydrogens is 198 g/mol. The molecule has 0 fully saturated rings. The Morgan fingerprint density at radius 3 is 1.77 bits per heavy atom. The third-order valence-corrected chi connectivity index (χ3v) is 1.70. The summed E-state index contributed by atoms with van der Waals surface area (Å²) in [4.78, 5) is 1.11. The van der Waals surface area contributed by atoms with E-state index in [1.165, 1.54) is 17.5 Å². The zero-order chi connectivity index (χ0) is 10.7. The van der Waals surface area contributed by atoms with Crippen LogP contribution in [0.3, 0.4) is 0 Å². The van der Waals surface area contributed by atoms with E-state index >= 15 is 0 Å². The quantitative estimate of drug-likeness (QED) is 0.556. The first kappa shape index (κ1) is 15.4. The fourth-order valence-corrected chi connectivity index (χ4v) is 0.910. The van der Waals surface area contributed by atoms with Gasteiger partial charge in [-0.15, -0.1) is 0 Å². The van der Waals surface area contributed by atoms with E-state index < -0.39 is 0 Å².